The summed E-state index contributed by atoms with van der Waals surface area (Å²) in [6.07, 6.45) is 7.13. The molecule has 2 aliphatic heterocycles. The summed E-state index contributed by atoms with van der Waals surface area (Å²) < 4.78 is 0. The minimum absolute atomic E-state index is 0.148. The van der Waals surface area contributed by atoms with Gasteiger partial charge in [-0.3, -0.25) is 14.7 Å². The monoisotopic (exact) mass is 311 g/mol. The number of hydrogen-bond acceptors (Lipinski definition) is 4. The van der Waals surface area contributed by atoms with Gasteiger partial charge >= 0.3 is 5.97 Å². The van der Waals surface area contributed by atoms with Gasteiger partial charge in [0, 0.05) is 48.0 Å². The topological polar surface area (TPSA) is 56.7 Å². The van der Waals surface area contributed by atoms with Gasteiger partial charge in [0.25, 0.3) is 0 Å². The first-order chi connectivity index (χ1) is 11.2. The van der Waals surface area contributed by atoms with E-state index in [2.05, 4.69) is 33.0 Å². The Labute approximate surface area is 135 Å². The smallest absolute Gasteiger partial charge is 0.317 e. The van der Waals surface area contributed by atoms with E-state index in [0.29, 0.717) is 6.04 Å². The molecule has 0 amide bonds. The number of nitrogens with zero attached hydrogens (tertiary/aromatic N) is 3. The maximum Gasteiger partial charge on any atom is 0.317 e. The van der Waals surface area contributed by atoms with Crippen LogP contribution < -0.4 is 4.90 Å². The van der Waals surface area contributed by atoms with E-state index in [1.54, 1.807) is 0 Å². The van der Waals surface area contributed by atoms with Gasteiger partial charge in [0.05, 0.1) is 6.54 Å². The molecule has 0 aliphatic carbocycles. The lowest BCUT2D eigenvalue weighted by atomic mass is 9.95. The van der Waals surface area contributed by atoms with Crippen LogP contribution in [-0.4, -0.2) is 53.2 Å². The van der Waals surface area contributed by atoms with Crippen LogP contribution in [0.4, 0.5) is 5.69 Å². The Bertz CT molecular complexity index is 741. The molecule has 1 aromatic carbocycles. The number of aromatic nitrogens is 1. The summed E-state index contributed by atoms with van der Waals surface area (Å²) in [5.74, 6) is -0.734. The Kier molecular flexibility index (Phi) is 3.65. The van der Waals surface area contributed by atoms with Gasteiger partial charge in [0.1, 0.15) is 0 Å². The van der Waals surface area contributed by atoms with E-state index in [1.807, 2.05) is 12.4 Å². The lowest BCUT2D eigenvalue weighted by molar-refractivity contribution is -0.138. The maximum absolute atomic E-state index is 11.0. The molecule has 2 aromatic rings. The molecule has 0 radical (unpaired) electrons. The van der Waals surface area contributed by atoms with Crippen LogP contribution >= 0.6 is 0 Å². The zero-order valence-electron chi connectivity index (χ0n) is 13.1. The van der Waals surface area contributed by atoms with Crippen molar-refractivity contribution >= 4 is 22.4 Å². The van der Waals surface area contributed by atoms with Gasteiger partial charge < -0.3 is 10.0 Å². The van der Waals surface area contributed by atoms with Gasteiger partial charge in [0.2, 0.25) is 0 Å². The van der Waals surface area contributed by atoms with E-state index in [4.69, 9.17) is 5.11 Å². The van der Waals surface area contributed by atoms with Crippen LogP contribution in [0.2, 0.25) is 0 Å². The zero-order chi connectivity index (χ0) is 15.8. The highest BCUT2D eigenvalue weighted by Gasteiger charge is 2.29. The molecule has 1 aromatic heterocycles. The van der Waals surface area contributed by atoms with Gasteiger partial charge in [0.15, 0.2) is 0 Å². The molecule has 1 unspecified atom stereocenters. The summed E-state index contributed by atoms with van der Waals surface area (Å²) in [6.45, 7) is 2.86. The van der Waals surface area contributed by atoms with Crippen LogP contribution in [0.5, 0.6) is 0 Å². The van der Waals surface area contributed by atoms with Crippen LogP contribution in [0.3, 0.4) is 0 Å². The molecular weight excluding hydrogens is 290 g/mol. The molecule has 5 heteroatoms. The molecule has 3 heterocycles. The van der Waals surface area contributed by atoms with Crippen LogP contribution in [0.15, 0.2) is 30.6 Å². The molecule has 1 saturated heterocycles. The number of aliphatic carboxylic acids is 1. The van der Waals surface area contributed by atoms with Crippen LogP contribution in [0.25, 0.3) is 10.8 Å². The standard InChI is InChI=1S/C18H21N3O2/c22-17(23)12-20-7-2-4-15(11-20)21-8-6-14-10-19-9-13-3-1-5-16(21)18(13)14/h1,3,5,9-10,15H,2,4,6-8,11-12H2,(H,22,23). The number of benzene rings is 1. The number of carbonyl (C=O) groups is 1. The molecule has 1 atom stereocenters. The van der Waals surface area contributed by atoms with Crippen molar-refractivity contribution < 1.29 is 9.90 Å². The van der Waals surface area contributed by atoms with Gasteiger partial charge in [-0.15, -0.1) is 0 Å². The number of carboxylic acids is 1. The van der Waals surface area contributed by atoms with E-state index < -0.39 is 5.97 Å². The lowest BCUT2D eigenvalue weighted by Gasteiger charge is -2.42. The second-order valence-electron chi connectivity index (χ2n) is 6.54. The Morgan fingerprint density at radius 1 is 1.30 bits per heavy atom. The molecule has 23 heavy (non-hydrogen) atoms. The average Bonchev–Trinajstić information content (AvgIpc) is 2.55. The summed E-state index contributed by atoms with van der Waals surface area (Å²) in [5, 5.41) is 11.6. The predicted molar refractivity (Wildman–Crippen MR) is 89.9 cm³/mol. The van der Waals surface area contributed by atoms with E-state index in [9.17, 15) is 4.79 Å². The molecule has 0 saturated carbocycles. The normalized spacial score (nSPS) is 21.6. The van der Waals surface area contributed by atoms with Gasteiger partial charge in [-0.25, -0.2) is 0 Å². The van der Waals surface area contributed by atoms with E-state index >= 15 is 0 Å². The molecular formula is C18H21N3O2. The largest absolute Gasteiger partial charge is 0.480 e. The Balaban J connectivity index is 1.65. The van der Waals surface area contributed by atoms with E-state index in [0.717, 1.165) is 38.9 Å². The highest BCUT2D eigenvalue weighted by Crippen LogP contribution is 2.35. The summed E-state index contributed by atoms with van der Waals surface area (Å²) in [7, 11) is 0. The summed E-state index contributed by atoms with van der Waals surface area (Å²) >= 11 is 0. The number of carboxylic acid groups (broad SMARTS) is 1. The zero-order valence-corrected chi connectivity index (χ0v) is 13.1. The highest BCUT2D eigenvalue weighted by molar-refractivity contribution is 5.97. The molecule has 0 bridgehead atoms. The fraction of sp³-hybridized carbons (Fsp3) is 0.444. The van der Waals surface area contributed by atoms with Crippen molar-refractivity contribution in [2.75, 3.05) is 31.1 Å². The minimum atomic E-state index is -0.734. The molecule has 2 aliphatic rings. The van der Waals surface area contributed by atoms with Gasteiger partial charge in [-0.2, -0.15) is 0 Å². The molecule has 1 N–H and O–H groups in total. The second-order valence-corrected chi connectivity index (χ2v) is 6.54. The molecule has 1 fully saturated rings. The minimum Gasteiger partial charge on any atom is -0.480 e. The van der Waals surface area contributed by atoms with Crippen molar-refractivity contribution in [3.8, 4) is 0 Å². The highest BCUT2D eigenvalue weighted by atomic mass is 16.4. The van der Waals surface area contributed by atoms with Crippen LogP contribution in [0, 0.1) is 0 Å². The molecule has 0 spiro atoms. The fourth-order valence-corrected chi connectivity index (χ4v) is 4.08. The fourth-order valence-electron chi connectivity index (χ4n) is 4.08. The Morgan fingerprint density at radius 2 is 2.22 bits per heavy atom. The SMILES string of the molecule is O=C(O)CN1CCCC(N2CCc3cncc4cccc2c34)C1. The number of anilines is 1. The molecule has 120 valence electrons. The number of piperidine rings is 1. The van der Waals surface area contributed by atoms with Crippen molar-refractivity contribution in [2.24, 2.45) is 0 Å². The molecule has 4 rings (SSSR count). The third-order valence-electron chi connectivity index (χ3n) is 5.05. The van der Waals surface area contributed by atoms with Gasteiger partial charge in [-0.1, -0.05) is 12.1 Å². The maximum atomic E-state index is 11.0. The summed E-state index contributed by atoms with van der Waals surface area (Å²) in [5.41, 5.74) is 2.61. The second kappa shape index (κ2) is 5.81. The predicted octanol–water partition coefficient (Wildman–Crippen LogP) is 2.15. The number of hydrogen-bond donors (Lipinski definition) is 1. The third kappa shape index (κ3) is 2.65. The van der Waals surface area contributed by atoms with Crippen LogP contribution in [0.1, 0.15) is 18.4 Å². The number of pyridine rings is 1. The quantitative estimate of drug-likeness (QED) is 0.941. The Morgan fingerprint density at radius 3 is 3.09 bits per heavy atom. The van der Waals surface area contributed by atoms with Crippen molar-refractivity contribution in [1.82, 2.24) is 9.88 Å². The third-order valence-corrected chi connectivity index (χ3v) is 5.05. The van der Waals surface area contributed by atoms with Crippen LogP contribution in [-0.2, 0) is 11.2 Å². The van der Waals surface area contributed by atoms with E-state index in [-0.39, 0.29) is 6.54 Å². The van der Waals surface area contributed by atoms with Gasteiger partial charge in [-0.05, 0) is 37.4 Å². The first-order valence-corrected chi connectivity index (χ1v) is 8.29. The Hall–Kier alpha value is -2.14. The van der Waals surface area contributed by atoms with E-state index in [1.165, 1.54) is 22.0 Å². The van der Waals surface area contributed by atoms with Crippen molar-refractivity contribution in [2.45, 2.75) is 25.3 Å². The summed E-state index contributed by atoms with van der Waals surface area (Å²) in [6, 6.07) is 6.81. The summed E-state index contributed by atoms with van der Waals surface area (Å²) in [4.78, 5) is 19.9. The molecule has 5 nitrogen and oxygen atoms in total. The first-order valence-electron chi connectivity index (χ1n) is 8.29. The first kappa shape index (κ1) is 14.5. The lowest BCUT2D eigenvalue weighted by Crippen LogP contribution is -2.50. The van der Waals surface area contributed by atoms with Crippen molar-refractivity contribution in [3.05, 3.63) is 36.2 Å². The van der Waals surface area contributed by atoms with Crippen molar-refractivity contribution in [3.63, 3.8) is 0 Å². The average molecular weight is 311 g/mol. The van der Waals surface area contributed by atoms with Crippen molar-refractivity contribution in [1.29, 1.82) is 0 Å². The number of likely N-dealkylation sites (tertiary alicyclic amines) is 1. The number of rotatable bonds is 3.